The van der Waals surface area contributed by atoms with Gasteiger partial charge in [0.2, 0.25) is 5.91 Å². The van der Waals surface area contributed by atoms with Crippen molar-refractivity contribution in [2.75, 3.05) is 25.0 Å². The normalized spacial score (nSPS) is 10.8. The van der Waals surface area contributed by atoms with Gasteiger partial charge in [-0.2, -0.15) is 0 Å². The van der Waals surface area contributed by atoms with E-state index in [4.69, 9.17) is 4.74 Å². The lowest BCUT2D eigenvalue weighted by atomic mass is 9.96. The first-order valence-electron chi connectivity index (χ1n) is 8.18. The van der Waals surface area contributed by atoms with Crippen molar-refractivity contribution in [1.29, 1.82) is 0 Å². The number of rotatable bonds is 8. The highest BCUT2D eigenvalue weighted by Gasteiger charge is 2.23. The first-order chi connectivity index (χ1) is 12.1. The Morgan fingerprint density at radius 2 is 1.81 bits per heavy atom. The summed E-state index contributed by atoms with van der Waals surface area (Å²) in [5, 5.41) is 3.36. The molecule has 0 fully saturated rings. The van der Waals surface area contributed by atoms with Crippen molar-refractivity contribution >= 4 is 34.1 Å². The Hall–Kier alpha value is -2.41. The van der Waals surface area contributed by atoms with Crippen molar-refractivity contribution in [3.63, 3.8) is 0 Å². The van der Waals surface area contributed by atoms with Crippen LogP contribution in [0.15, 0.2) is 31.4 Å². The topological polar surface area (TPSA) is 75.7 Å². The number of anilines is 1. The maximum absolute atomic E-state index is 12.3. The number of carbonyl (C=O) groups excluding carboxylic acids is 3. The number of aryl methyl sites for hydroxylation is 1. The summed E-state index contributed by atoms with van der Waals surface area (Å²) in [6.07, 6.45) is 3.19. The third kappa shape index (κ3) is 6.15. The van der Waals surface area contributed by atoms with Crippen LogP contribution in [0.3, 0.4) is 0 Å². The van der Waals surface area contributed by atoms with Crippen LogP contribution in [-0.4, -0.2) is 42.4 Å². The van der Waals surface area contributed by atoms with E-state index in [0.29, 0.717) is 28.5 Å². The van der Waals surface area contributed by atoms with E-state index >= 15 is 0 Å². The number of nitrogens with zero attached hydrogens (tertiary/aromatic N) is 1. The van der Waals surface area contributed by atoms with E-state index in [1.54, 1.807) is 25.1 Å². The monoisotopic (exact) mass is 378 g/mol. The molecule has 0 aliphatic carbocycles. The van der Waals surface area contributed by atoms with Crippen LogP contribution in [0.25, 0.3) is 0 Å². The Bertz CT molecular complexity index is 691. The summed E-state index contributed by atoms with van der Waals surface area (Å²) in [5.41, 5.74) is 0.149. The smallest absolute Gasteiger partial charge is 0.349 e. The number of hydrogen-bond acceptors (Lipinski definition) is 5. The van der Waals surface area contributed by atoms with E-state index < -0.39 is 11.4 Å². The van der Waals surface area contributed by atoms with Crippen molar-refractivity contribution in [2.45, 2.75) is 27.7 Å². The second kappa shape index (κ2) is 9.33. The van der Waals surface area contributed by atoms with Crippen molar-refractivity contribution in [3.8, 4) is 0 Å². The molecule has 1 rings (SSSR count). The molecule has 1 aromatic heterocycles. The molecule has 2 amide bonds. The Balaban J connectivity index is 2.73. The quantitative estimate of drug-likeness (QED) is 0.556. The molecule has 6 nitrogen and oxygen atoms in total. The molecule has 0 aliphatic heterocycles. The Kier molecular flexibility index (Phi) is 7.76. The minimum absolute atomic E-state index is 0.140. The highest BCUT2D eigenvalue weighted by molar-refractivity contribution is 7.18. The van der Waals surface area contributed by atoms with Crippen molar-refractivity contribution in [2.24, 2.45) is 5.41 Å². The van der Waals surface area contributed by atoms with E-state index in [1.807, 2.05) is 20.8 Å². The van der Waals surface area contributed by atoms with E-state index in [9.17, 15) is 14.4 Å². The summed E-state index contributed by atoms with van der Waals surface area (Å²) in [4.78, 5) is 38.3. The molecular weight excluding hydrogens is 352 g/mol. The van der Waals surface area contributed by atoms with Gasteiger partial charge in [-0.15, -0.1) is 24.5 Å². The summed E-state index contributed by atoms with van der Waals surface area (Å²) >= 11 is 1.13. The van der Waals surface area contributed by atoms with E-state index in [0.717, 1.165) is 11.3 Å². The second-order valence-corrected chi connectivity index (χ2v) is 7.83. The van der Waals surface area contributed by atoms with Gasteiger partial charge in [-0.3, -0.25) is 9.59 Å². The molecule has 0 aromatic carbocycles. The zero-order valence-corrected chi connectivity index (χ0v) is 16.6. The molecule has 7 heteroatoms. The third-order valence-electron chi connectivity index (χ3n) is 3.40. The lowest BCUT2D eigenvalue weighted by Crippen LogP contribution is -2.34. The largest absolute Gasteiger partial charge is 0.451 e. The van der Waals surface area contributed by atoms with Crippen LogP contribution in [-0.2, 0) is 14.3 Å². The van der Waals surface area contributed by atoms with Crippen LogP contribution in [0.2, 0.25) is 0 Å². The lowest BCUT2D eigenvalue weighted by Gasteiger charge is -2.18. The number of hydrogen-bond donors (Lipinski definition) is 1. The van der Waals surface area contributed by atoms with E-state index in [1.165, 1.54) is 4.90 Å². The molecule has 0 aliphatic rings. The number of amides is 2. The Morgan fingerprint density at radius 3 is 2.31 bits per heavy atom. The van der Waals surface area contributed by atoms with Crippen LogP contribution < -0.4 is 5.32 Å². The molecule has 0 unspecified atom stereocenters. The average molecular weight is 378 g/mol. The van der Waals surface area contributed by atoms with Crippen molar-refractivity contribution in [1.82, 2.24) is 4.90 Å². The molecule has 1 heterocycles. The number of esters is 1. The standard InChI is InChI=1S/C19H26N2O4S/c1-7-9-21(10-8-2)15(22)12-25-17(23)16-13(3)11-14(26-16)20-18(24)19(4,5)6/h7-8,11H,1-2,9-10,12H2,3-6H3,(H,20,24). The Morgan fingerprint density at radius 1 is 1.23 bits per heavy atom. The zero-order chi connectivity index (χ0) is 19.9. The molecular formula is C19H26N2O4S. The molecule has 142 valence electrons. The van der Waals surface area contributed by atoms with Gasteiger partial charge >= 0.3 is 5.97 Å². The second-order valence-electron chi connectivity index (χ2n) is 6.78. The molecule has 1 aromatic rings. The first kappa shape index (κ1) is 21.6. The van der Waals surface area contributed by atoms with Crippen molar-refractivity contribution in [3.05, 3.63) is 41.8 Å². The molecule has 1 N–H and O–H groups in total. The van der Waals surface area contributed by atoms with Crippen LogP contribution in [0.4, 0.5) is 5.00 Å². The van der Waals surface area contributed by atoms with E-state index in [2.05, 4.69) is 18.5 Å². The fraction of sp³-hybridized carbons (Fsp3) is 0.421. The summed E-state index contributed by atoms with van der Waals surface area (Å²) in [6, 6.07) is 1.72. The summed E-state index contributed by atoms with van der Waals surface area (Å²) < 4.78 is 5.13. The van der Waals surface area contributed by atoms with Gasteiger partial charge in [0.15, 0.2) is 6.61 Å². The fourth-order valence-electron chi connectivity index (χ4n) is 1.92. The molecule has 0 saturated carbocycles. The summed E-state index contributed by atoms with van der Waals surface area (Å²) in [5.74, 6) is -1.05. The molecule has 26 heavy (non-hydrogen) atoms. The van der Waals surface area contributed by atoms with Crippen LogP contribution in [0.5, 0.6) is 0 Å². The zero-order valence-electron chi connectivity index (χ0n) is 15.8. The maximum Gasteiger partial charge on any atom is 0.349 e. The van der Waals surface area contributed by atoms with Gasteiger partial charge in [0.25, 0.3) is 5.91 Å². The number of ether oxygens (including phenoxy) is 1. The van der Waals surface area contributed by atoms with Crippen molar-refractivity contribution < 1.29 is 19.1 Å². The predicted octanol–water partition coefficient (Wildman–Crippen LogP) is 3.40. The molecule has 0 radical (unpaired) electrons. The summed E-state index contributed by atoms with van der Waals surface area (Å²) in [6.45, 7) is 14.7. The predicted molar refractivity (Wildman–Crippen MR) is 104 cm³/mol. The molecule has 0 atom stereocenters. The molecule has 0 saturated heterocycles. The molecule has 0 bridgehead atoms. The van der Waals surface area contributed by atoms with Crippen LogP contribution in [0.1, 0.15) is 36.0 Å². The van der Waals surface area contributed by atoms with Gasteiger partial charge in [0.1, 0.15) is 4.88 Å². The van der Waals surface area contributed by atoms with Gasteiger partial charge in [0, 0.05) is 18.5 Å². The van der Waals surface area contributed by atoms with Crippen LogP contribution >= 0.6 is 11.3 Å². The lowest BCUT2D eigenvalue weighted by molar-refractivity contribution is -0.133. The number of nitrogens with one attached hydrogen (secondary N) is 1. The fourth-order valence-corrected chi connectivity index (χ4v) is 2.88. The van der Waals surface area contributed by atoms with Crippen LogP contribution in [0, 0.1) is 12.3 Å². The minimum Gasteiger partial charge on any atom is -0.451 e. The average Bonchev–Trinajstić information content (AvgIpc) is 2.91. The highest BCUT2D eigenvalue weighted by atomic mass is 32.1. The van der Waals surface area contributed by atoms with Gasteiger partial charge in [-0.25, -0.2) is 4.79 Å². The van der Waals surface area contributed by atoms with Gasteiger partial charge < -0.3 is 15.0 Å². The van der Waals surface area contributed by atoms with Gasteiger partial charge in [-0.05, 0) is 18.6 Å². The SMILES string of the molecule is C=CCN(CC=C)C(=O)COC(=O)c1sc(NC(=O)C(C)(C)C)cc1C. The number of thiophene rings is 1. The first-order valence-corrected chi connectivity index (χ1v) is 9.00. The maximum atomic E-state index is 12.3. The van der Waals surface area contributed by atoms with Gasteiger partial charge in [0.05, 0.1) is 5.00 Å². The third-order valence-corrected chi connectivity index (χ3v) is 4.53. The molecule has 0 spiro atoms. The van der Waals surface area contributed by atoms with E-state index in [-0.39, 0.29) is 18.4 Å². The minimum atomic E-state index is -0.589. The van der Waals surface area contributed by atoms with Gasteiger partial charge in [-0.1, -0.05) is 32.9 Å². The summed E-state index contributed by atoms with van der Waals surface area (Å²) in [7, 11) is 0. The Labute approximate surface area is 158 Å². The number of carbonyl (C=O) groups is 3. The highest BCUT2D eigenvalue weighted by Crippen LogP contribution is 2.29.